The van der Waals surface area contributed by atoms with Gasteiger partial charge in [-0.05, 0) is 29.7 Å². The molecule has 2 aromatic rings. The smallest absolute Gasteiger partial charge is 0.320 e. The summed E-state index contributed by atoms with van der Waals surface area (Å²) in [6.45, 7) is 0.0929. The number of carboxylic acid groups (broad SMARTS) is 1. The number of aliphatic carboxylic acids is 1. The molecule has 4 N–H and O–H groups in total. The molecule has 10 heteroatoms. The Kier molecular flexibility index (Phi) is 7.00. The van der Waals surface area contributed by atoms with E-state index in [1.165, 1.54) is 12.0 Å². The summed E-state index contributed by atoms with van der Waals surface area (Å²) in [4.78, 5) is 39.4. The molecule has 3 amide bonds. The Morgan fingerprint density at radius 1 is 1.25 bits per heavy atom. The van der Waals surface area contributed by atoms with Crippen LogP contribution < -0.4 is 15.8 Å². The number of likely N-dealkylation sites (tertiary alicyclic amines) is 1. The maximum absolute atomic E-state index is 13.7. The summed E-state index contributed by atoms with van der Waals surface area (Å²) in [5, 5.41) is 13.1. The Hall–Kier alpha value is -2.78. The quantitative estimate of drug-likeness (QED) is 0.501. The standard InChI is InChI=1S/C22H23BrClN3O5/c1-32-17-8-7-14(11-16(17)24)12-26-18(28)22(15-5-3-2-4-6-15)13-21(23,19(29)30)9-10-27(22)20(25)31/h2-8,11H,9-10,12-13H2,1H3,(H2,25,31)(H,26,28)(H,29,30). The van der Waals surface area contributed by atoms with Gasteiger partial charge in [0.05, 0.1) is 12.1 Å². The average molecular weight is 525 g/mol. The van der Waals surface area contributed by atoms with Crippen molar-refractivity contribution in [2.24, 2.45) is 5.73 Å². The number of halogens is 2. The fourth-order valence-electron chi connectivity index (χ4n) is 4.00. The fraction of sp³-hybridized carbons (Fsp3) is 0.318. The van der Waals surface area contributed by atoms with Gasteiger partial charge >= 0.3 is 12.0 Å². The molecule has 0 radical (unpaired) electrons. The number of carbonyl (C=O) groups is 3. The van der Waals surface area contributed by atoms with Gasteiger partial charge in [-0.25, -0.2) is 4.79 Å². The second-order valence-corrected chi connectivity index (χ2v) is 9.49. The van der Waals surface area contributed by atoms with Gasteiger partial charge in [-0.15, -0.1) is 0 Å². The third kappa shape index (κ3) is 4.40. The number of carboxylic acids is 1. The van der Waals surface area contributed by atoms with Crippen LogP contribution in [0.5, 0.6) is 5.75 Å². The Bertz CT molecular complexity index is 1040. The average Bonchev–Trinajstić information content (AvgIpc) is 2.77. The van der Waals surface area contributed by atoms with Crippen LogP contribution in [0.15, 0.2) is 48.5 Å². The zero-order chi connectivity index (χ0) is 23.5. The Morgan fingerprint density at radius 2 is 1.94 bits per heavy atom. The number of piperidine rings is 1. The molecule has 170 valence electrons. The number of ether oxygens (including phenoxy) is 1. The molecule has 0 aliphatic carbocycles. The van der Waals surface area contributed by atoms with Crippen molar-refractivity contribution in [3.8, 4) is 5.75 Å². The van der Waals surface area contributed by atoms with Crippen LogP contribution in [-0.4, -0.2) is 45.9 Å². The molecule has 1 saturated heterocycles. The van der Waals surface area contributed by atoms with Crippen molar-refractivity contribution in [3.05, 3.63) is 64.7 Å². The Labute approximate surface area is 198 Å². The number of nitrogens with one attached hydrogen (secondary N) is 1. The van der Waals surface area contributed by atoms with Crippen LogP contribution in [0, 0.1) is 0 Å². The van der Waals surface area contributed by atoms with Crippen molar-refractivity contribution >= 4 is 45.4 Å². The molecule has 8 nitrogen and oxygen atoms in total. The van der Waals surface area contributed by atoms with E-state index in [0.29, 0.717) is 21.9 Å². The first-order valence-corrected chi connectivity index (χ1v) is 11.0. The molecule has 2 unspecified atom stereocenters. The zero-order valence-electron chi connectivity index (χ0n) is 17.3. The van der Waals surface area contributed by atoms with Crippen molar-refractivity contribution in [3.63, 3.8) is 0 Å². The molecule has 1 heterocycles. The highest BCUT2D eigenvalue weighted by atomic mass is 79.9. The van der Waals surface area contributed by atoms with Gasteiger partial charge in [-0.3, -0.25) is 9.59 Å². The SMILES string of the molecule is COc1ccc(CNC(=O)C2(c3ccccc3)CC(Br)(C(=O)O)CCN2C(N)=O)cc1Cl. The lowest BCUT2D eigenvalue weighted by Crippen LogP contribution is -2.66. The van der Waals surface area contributed by atoms with Gasteiger partial charge < -0.3 is 25.8 Å². The molecule has 1 aliphatic rings. The van der Waals surface area contributed by atoms with E-state index in [1.807, 2.05) is 0 Å². The maximum atomic E-state index is 13.7. The van der Waals surface area contributed by atoms with Gasteiger partial charge in [0, 0.05) is 19.5 Å². The minimum atomic E-state index is -1.62. The van der Waals surface area contributed by atoms with Gasteiger partial charge in [0.15, 0.2) is 5.54 Å². The summed E-state index contributed by atoms with van der Waals surface area (Å²) in [5.41, 5.74) is 5.21. The highest BCUT2D eigenvalue weighted by Crippen LogP contribution is 2.46. The number of hydrogen-bond donors (Lipinski definition) is 3. The van der Waals surface area contributed by atoms with E-state index in [2.05, 4.69) is 21.2 Å². The number of benzene rings is 2. The summed E-state index contributed by atoms with van der Waals surface area (Å²) in [6.07, 6.45) is -0.0985. The number of urea groups is 1. The Morgan fingerprint density at radius 3 is 2.50 bits per heavy atom. The van der Waals surface area contributed by atoms with Crippen molar-refractivity contribution in [2.45, 2.75) is 29.2 Å². The molecular weight excluding hydrogens is 502 g/mol. The van der Waals surface area contributed by atoms with Crippen molar-refractivity contribution in [1.82, 2.24) is 10.2 Å². The van der Waals surface area contributed by atoms with E-state index in [4.69, 9.17) is 22.1 Å². The molecule has 0 spiro atoms. The van der Waals surface area contributed by atoms with Crippen LogP contribution in [0.2, 0.25) is 5.02 Å². The largest absolute Gasteiger partial charge is 0.495 e. The normalized spacial score (nSPS) is 22.8. The van der Waals surface area contributed by atoms with Gasteiger partial charge in [0.1, 0.15) is 10.1 Å². The molecule has 3 rings (SSSR count). The van der Waals surface area contributed by atoms with Crippen LogP contribution in [0.4, 0.5) is 4.79 Å². The first kappa shape index (κ1) is 23.9. The topological polar surface area (TPSA) is 122 Å². The van der Waals surface area contributed by atoms with Gasteiger partial charge in [0.25, 0.3) is 5.91 Å². The molecule has 2 aromatic carbocycles. The minimum absolute atomic E-state index is 0.0104. The summed E-state index contributed by atoms with van der Waals surface area (Å²) in [5.74, 6) is -1.16. The van der Waals surface area contributed by atoms with Crippen molar-refractivity contribution < 1.29 is 24.2 Å². The molecule has 0 saturated carbocycles. The fourth-order valence-corrected chi connectivity index (χ4v) is 4.87. The lowest BCUT2D eigenvalue weighted by Gasteiger charge is -2.49. The van der Waals surface area contributed by atoms with Crippen LogP contribution in [0.1, 0.15) is 24.0 Å². The summed E-state index contributed by atoms with van der Waals surface area (Å²) in [6, 6.07) is 12.9. The number of amides is 3. The first-order valence-electron chi connectivity index (χ1n) is 9.79. The zero-order valence-corrected chi connectivity index (χ0v) is 19.6. The van der Waals surface area contributed by atoms with E-state index in [-0.39, 0.29) is 25.9 Å². The summed E-state index contributed by atoms with van der Waals surface area (Å²) >= 11 is 9.49. The van der Waals surface area contributed by atoms with E-state index in [0.717, 1.165) is 0 Å². The predicted octanol–water partition coefficient (Wildman–Crippen LogP) is 3.25. The van der Waals surface area contributed by atoms with E-state index >= 15 is 0 Å². The number of primary amides is 1. The van der Waals surface area contributed by atoms with E-state index < -0.39 is 27.8 Å². The number of carbonyl (C=O) groups excluding carboxylic acids is 2. The number of rotatable bonds is 6. The molecule has 32 heavy (non-hydrogen) atoms. The van der Waals surface area contributed by atoms with Gasteiger partial charge in [-0.1, -0.05) is 63.9 Å². The minimum Gasteiger partial charge on any atom is -0.495 e. The van der Waals surface area contributed by atoms with E-state index in [9.17, 15) is 19.5 Å². The third-order valence-corrected chi connectivity index (χ3v) is 6.99. The van der Waals surface area contributed by atoms with E-state index in [1.54, 1.807) is 48.5 Å². The molecule has 2 atom stereocenters. The van der Waals surface area contributed by atoms with Gasteiger partial charge in [-0.2, -0.15) is 0 Å². The number of hydrogen-bond acceptors (Lipinski definition) is 4. The summed E-state index contributed by atoms with van der Waals surface area (Å²) < 4.78 is 3.73. The second-order valence-electron chi connectivity index (χ2n) is 7.56. The lowest BCUT2D eigenvalue weighted by molar-refractivity contribution is -0.145. The molecule has 0 bridgehead atoms. The second kappa shape index (κ2) is 9.38. The summed E-state index contributed by atoms with van der Waals surface area (Å²) in [7, 11) is 1.50. The van der Waals surface area contributed by atoms with Gasteiger partial charge in [0.2, 0.25) is 0 Å². The van der Waals surface area contributed by atoms with Crippen LogP contribution >= 0.6 is 27.5 Å². The third-order valence-electron chi connectivity index (χ3n) is 5.67. The maximum Gasteiger partial charge on any atom is 0.320 e. The first-order chi connectivity index (χ1) is 15.1. The lowest BCUT2D eigenvalue weighted by atomic mass is 9.74. The predicted molar refractivity (Wildman–Crippen MR) is 123 cm³/mol. The highest BCUT2D eigenvalue weighted by Gasteiger charge is 2.58. The van der Waals surface area contributed by atoms with Crippen LogP contribution in [-0.2, 0) is 21.7 Å². The van der Waals surface area contributed by atoms with Crippen molar-refractivity contribution in [1.29, 1.82) is 0 Å². The molecule has 0 aromatic heterocycles. The van der Waals surface area contributed by atoms with Crippen LogP contribution in [0.25, 0.3) is 0 Å². The Balaban J connectivity index is 2.02. The monoisotopic (exact) mass is 523 g/mol. The number of nitrogens with zero attached hydrogens (tertiary/aromatic N) is 1. The highest BCUT2D eigenvalue weighted by molar-refractivity contribution is 9.10. The molecule has 1 aliphatic heterocycles. The number of methoxy groups -OCH3 is 1. The molecular formula is C22H23BrClN3O5. The van der Waals surface area contributed by atoms with Crippen molar-refractivity contribution in [2.75, 3.05) is 13.7 Å². The van der Waals surface area contributed by atoms with Crippen LogP contribution in [0.3, 0.4) is 0 Å². The number of nitrogens with two attached hydrogens (primary N) is 1. The molecule has 1 fully saturated rings. The number of alkyl halides is 1.